The van der Waals surface area contributed by atoms with Gasteiger partial charge in [0.1, 0.15) is 0 Å². The lowest BCUT2D eigenvalue weighted by Gasteiger charge is -2.00. The molecule has 0 atom stereocenters. The van der Waals surface area contributed by atoms with Gasteiger partial charge in [0.15, 0.2) is 0 Å². The minimum absolute atomic E-state index is 0.137. The summed E-state index contributed by atoms with van der Waals surface area (Å²) >= 11 is 0. The quantitative estimate of drug-likeness (QED) is 0.471. The summed E-state index contributed by atoms with van der Waals surface area (Å²) in [6.45, 7) is 5.68. The molecule has 0 unspecified atom stereocenters. The van der Waals surface area contributed by atoms with Crippen LogP contribution in [0.1, 0.15) is 33.1 Å². The van der Waals surface area contributed by atoms with Crippen LogP contribution in [-0.4, -0.2) is 24.9 Å². The van der Waals surface area contributed by atoms with Crippen molar-refractivity contribution in [2.75, 3.05) is 19.8 Å². The Hall–Kier alpha value is -0.340. The van der Waals surface area contributed by atoms with Gasteiger partial charge in [-0.3, -0.25) is 0 Å². The van der Waals surface area contributed by atoms with E-state index in [1.807, 2.05) is 13.0 Å². The number of hydrogen-bond acceptors (Lipinski definition) is 2. The van der Waals surface area contributed by atoms with E-state index < -0.39 is 0 Å². The standard InChI is InChI=1S/C10H20O2/c1-3-4-5-7-12-8-6-10(2)9-11/h6,11H,3-5,7-9H2,1-2H3/b10-6+. The predicted molar refractivity (Wildman–Crippen MR) is 51.2 cm³/mol. The lowest BCUT2D eigenvalue weighted by Crippen LogP contribution is -1.96. The molecule has 72 valence electrons. The second kappa shape index (κ2) is 8.75. The monoisotopic (exact) mass is 172 g/mol. The first-order chi connectivity index (χ1) is 5.81. The van der Waals surface area contributed by atoms with Crippen molar-refractivity contribution in [1.29, 1.82) is 0 Å². The molecule has 0 aliphatic heterocycles. The van der Waals surface area contributed by atoms with Crippen molar-refractivity contribution in [3.63, 3.8) is 0 Å². The van der Waals surface area contributed by atoms with Gasteiger partial charge in [-0.25, -0.2) is 0 Å². The van der Waals surface area contributed by atoms with E-state index >= 15 is 0 Å². The van der Waals surface area contributed by atoms with Crippen LogP contribution < -0.4 is 0 Å². The highest BCUT2D eigenvalue weighted by atomic mass is 16.5. The summed E-state index contributed by atoms with van der Waals surface area (Å²) in [4.78, 5) is 0. The highest BCUT2D eigenvalue weighted by molar-refractivity contribution is 4.97. The van der Waals surface area contributed by atoms with Crippen molar-refractivity contribution in [3.8, 4) is 0 Å². The molecule has 0 saturated carbocycles. The maximum atomic E-state index is 8.65. The molecule has 2 heteroatoms. The highest BCUT2D eigenvalue weighted by Crippen LogP contribution is 1.95. The Kier molecular flexibility index (Phi) is 8.51. The highest BCUT2D eigenvalue weighted by Gasteiger charge is 1.87. The molecule has 0 spiro atoms. The molecule has 1 N–H and O–H groups in total. The molecule has 0 saturated heterocycles. The Bertz CT molecular complexity index is 119. The molecule has 0 heterocycles. The van der Waals surface area contributed by atoms with E-state index in [1.165, 1.54) is 12.8 Å². The van der Waals surface area contributed by atoms with E-state index in [4.69, 9.17) is 9.84 Å². The molecule has 0 aliphatic carbocycles. The van der Waals surface area contributed by atoms with Gasteiger partial charge < -0.3 is 9.84 Å². The Labute approximate surface area is 75.2 Å². The molecular formula is C10H20O2. The first-order valence-electron chi connectivity index (χ1n) is 4.65. The first-order valence-corrected chi connectivity index (χ1v) is 4.65. The summed E-state index contributed by atoms with van der Waals surface area (Å²) < 4.78 is 5.32. The van der Waals surface area contributed by atoms with E-state index in [2.05, 4.69) is 6.92 Å². The van der Waals surface area contributed by atoms with Gasteiger partial charge in [-0.05, 0) is 18.9 Å². The van der Waals surface area contributed by atoms with Crippen molar-refractivity contribution in [3.05, 3.63) is 11.6 Å². The average Bonchev–Trinajstić information content (AvgIpc) is 2.10. The first kappa shape index (κ1) is 11.7. The van der Waals surface area contributed by atoms with Crippen molar-refractivity contribution >= 4 is 0 Å². The van der Waals surface area contributed by atoms with Gasteiger partial charge in [0.2, 0.25) is 0 Å². The zero-order valence-electron chi connectivity index (χ0n) is 8.18. The van der Waals surface area contributed by atoms with E-state index in [1.54, 1.807) is 0 Å². The fourth-order valence-corrected chi connectivity index (χ4v) is 0.803. The number of aliphatic hydroxyl groups excluding tert-OH is 1. The summed E-state index contributed by atoms with van der Waals surface area (Å²) in [6, 6.07) is 0. The van der Waals surface area contributed by atoms with E-state index in [0.29, 0.717) is 6.61 Å². The fourth-order valence-electron chi connectivity index (χ4n) is 0.803. The number of ether oxygens (including phenoxy) is 1. The van der Waals surface area contributed by atoms with Crippen molar-refractivity contribution in [2.45, 2.75) is 33.1 Å². The number of unbranched alkanes of at least 4 members (excludes halogenated alkanes) is 2. The largest absolute Gasteiger partial charge is 0.392 e. The second-order valence-electron chi connectivity index (χ2n) is 2.99. The van der Waals surface area contributed by atoms with E-state index in [-0.39, 0.29) is 6.61 Å². The Morgan fingerprint density at radius 2 is 2.17 bits per heavy atom. The molecule has 0 aromatic heterocycles. The van der Waals surface area contributed by atoms with Crippen LogP contribution in [0.15, 0.2) is 11.6 Å². The fraction of sp³-hybridized carbons (Fsp3) is 0.800. The van der Waals surface area contributed by atoms with Crippen LogP contribution in [0, 0.1) is 0 Å². The minimum atomic E-state index is 0.137. The van der Waals surface area contributed by atoms with Crippen LogP contribution in [0.2, 0.25) is 0 Å². The third-order valence-corrected chi connectivity index (χ3v) is 1.69. The molecule has 0 amide bonds. The SMILES string of the molecule is CCCCCOC/C=C(\C)CO. The van der Waals surface area contributed by atoms with Crippen molar-refractivity contribution in [1.82, 2.24) is 0 Å². The normalized spacial score (nSPS) is 12.1. The van der Waals surface area contributed by atoms with Crippen LogP contribution >= 0.6 is 0 Å². The molecule has 12 heavy (non-hydrogen) atoms. The predicted octanol–water partition coefficient (Wildman–Crippen LogP) is 2.13. The summed E-state index contributed by atoms with van der Waals surface area (Å²) in [5.41, 5.74) is 0.977. The smallest absolute Gasteiger partial charge is 0.0650 e. The van der Waals surface area contributed by atoms with Gasteiger partial charge in [0.05, 0.1) is 13.2 Å². The van der Waals surface area contributed by atoms with Crippen LogP contribution in [-0.2, 0) is 4.74 Å². The van der Waals surface area contributed by atoms with E-state index in [0.717, 1.165) is 18.6 Å². The Morgan fingerprint density at radius 3 is 2.75 bits per heavy atom. The zero-order valence-corrected chi connectivity index (χ0v) is 8.18. The van der Waals surface area contributed by atoms with Crippen LogP contribution in [0.25, 0.3) is 0 Å². The molecule has 0 aromatic carbocycles. The van der Waals surface area contributed by atoms with Gasteiger partial charge in [0.25, 0.3) is 0 Å². The van der Waals surface area contributed by atoms with Gasteiger partial charge in [-0.2, -0.15) is 0 Å². The lowest BCUT2D eigenvalue weighted by atomic mass is 10.3. The molecule has 0 fully saturated rings. The maximum absolute atomic E-state index is 8.65. The van der Waals surface area contributed by atoms with Gasteiger partial charge >= 0.3 is 0 Å². The van der Waals surface area contributed by atoms with Crippen LogP contribution in [0.5, 0.6) is 0 Å². The second-order valence-corrected chi connectivity index (χ2v) is 2.99. The summed E-state index contributed by atoms with van der Waals surface area (Å²) in [6.07, 6.45) is 5.53. The molecule has 0 bridgehead atoms. The Morgan fingerprint density at radius 1 is 1.42 bits per heavy atom. The van der Waals surface area contributed by atoms with Gasteiger partial charge in [0, 0.05) is 6.61 Å². The summed E-state index contributed by atoms with van der Waals surface area (Å²) in [5, 5.41) is 8.65. The number of aliphatic hydroxyl groups is 1. The number of rotatable bonds is 7. The summed E-state index contributed by atoms with van der Waals surface area (Å²) in [7, 11) is 0. The molecule has 0 aliphatic rings. The third kappa shape index (κ3) is 7.76. The summed E-state index contributed by atoms with van der Waals surface area (Å²) in [5.74, 6) is 0. The molecular weight excluding hydrogens is 152 g/mol. The molecule has 0 aromatic rings. The van der Waals surface area contributed by atoms with Gasteiger partial charge in [-0.1, -0.05) is 25.8 Å². The third-order valence-electron chi connectivity index (χ3n) is 1.69. The Balaban J connectivity index is 3.10. The zero-order chi connectivity index (χ0) is 9.23. The van der Waals surface area contributed by atoms with Crippen LogP contribution in [0.3, 0.4) is 0 Å². The van der Waals surface area contributed by atoms with E-state index in [9.17, 15) is 0 Å². The molecule has 0 radical (unpaired) electrons. The van der Waals surface area contributed by atoms with Crippen LogP contribution in [0.4, 0.5) is 0 Å². The number of hydrogen-bond donors (Lipinski definition) is 1. The lowest BCUT2D eigenvalue weighted by molar-refractivity contribution is 0.156. The van der Waals surface area contributed by atoms with Gasteiger partial charge in [-0.15, -0.1) is 0 Å². The molecule has 2 nitrogen and oxygen atoms in total. The topological polar surface area (TPSA) is 29.5 Å². The average molecular weight is 172 g/mol. The maximum Gasteiger partial charge on any atom is 0.0650 e. The molecule has 0 rings (SSSR count). The van der Waals surface area contributed by atoms with Crippen molar-refractivity contribution in [2.24, 2.45) is 0 Å². The minimum Gasteiger partial charge on any atom is -0.392 e. The van der Waals surface area contributed by atoms with Crippen molar-refractivity contribution < 1.29 is 9.84 Å².